The Morgan fingerprint density at radius 3 is 2.40 bits per heavy atom. The van der Waals surface area contributed by atoms with Gasteiger partial charge in [0.1, 0.15) is 0 Å². The molecule has 1 rings (SSSR count). The summed E-state index contributed by atoms with van der Waals surface area (Å²) in [6.45, 7) is 2.05. The van der Waals surface area contributed by atoms with E-state index in [1.54, 1.807) is 0 Å². The normalized spacial score (nSPS) is 21.7. The molecule has 0 bridgehead atoms. The second kappa shape index (κ2) is 4.32. The van der Waals surface area contributed by atoms with E-state index in [2.05, 4.69) is 31.2 Å². The predicted molar refractivity (Wildman–Crippen MR) is 45.9 cm³/mol. The Morgan fingerprint density at radius 2 is 1.80 bits per heavy atom. The van der Waals surface area contributed by atoms with Crippen LogP contribution in [0.25, 0.3) is 0 Å². The first-order chi connectivity index (χ1) is 4.93. The topological polar surface area (TPSA) is 0 Å². The van der Waals surface area contributed by atoms with Gasteiger partial charge in [0.2, 0.25) is 0 Å². The van der Waals surface area contributed by atoms with Crippen molar-refractivity contribution in [1.82, 2.24) is 0 Å². The maximum absolute atomic E-state index is 2.34. The zero-order chi connectivity index (χ0) is 7.23. The van der Waals surface area contributed by atoms with Gasteiger partial charge in [-0.3, -0.25) is 0 Å². The van der Waals surface area contributed by atoms with Crippen LogP contribution in [-0.4, -0.2) is 0 Å². The average Bonchev–Trinajstić information content (AvgIpc) is 2.41. The molecule has 0 saturated heterocycles. The molecule has 0 unspecified atom stereocenters. The highest BCUT2D eigenvalue weighted by Crippen LogP contribution is 2.25. The number of hydrogen-bond acceptors (Lipinski definition) is 0. The summed E-state index contributed by atoms with van der Waals surface area (Å²) < 4.78 is 0. The van der Waals surface area contributed by atoms with Crippen LogP contribution in [0.3, 0.4) is 0 Å². The first-order valence-corrected chi connectivity index (χ1v) is 4.23. The zero-order valence-electron chi connectivity index (χ0n) is 6.72. The Morgan fingerprint density at radius 1 is 1.10 bits per heavy atom. The van der Waals surface area contributed by atoms with Crippen LogP contribution < -0.4 is 0 Å². The highest BCUT2D eigenvalue weighted by Gasteiger charge is 2.10. The van der Waals surface area contributed by atoms with Crippen molar-refractivity contribution in [3.63, 3.8) is 0 Å². The Hall–Kier alpha value is -0.520. The fourth-order valence-corrected chi connectivity index (χ4v) is 1.48. The molecular formula is C10H16. The predicted octanol–water partition coefficient (Wildman–Crippen LogP) is 3.31. The van der Waals surface area contributed by atoms with Crippen LogP contribution in [0.2, 0.25) is 0 Å². The van der Waals surface area contributed by atoms with E-state index < -0.39 is 0 Å². The van der Waals surface area contributed by atoms with Crippen LogP contribution >= 0.6 is 0 Å². The van der Waals surface area contributed by atoms with Gasteiger partial charge in [-0.05, 0) is 25.7 Å². The summed E-state index contributed by atoms with van der Waals surface area (Å²) in [5.41, 5.74) is 0. The van der Waals surface area contributed by atoms with Gasteiger partial charge in [0.15, 0.2) is 0 Å². The summed E-state index contributed by atoms with van der Waals surface area (Å²) in [6.07, 6.45) is 14.4. The first-order valence-electron chi connectivity index (χ1n) is 4.23. The van der Waals surface area contributed by atoms with E-state index in [-0.39, 0.29) is 0 Å². The Bertz CT molecular complexity index is 125. The highest BCUT2D eigenvalue weighted by molar-refractivity contribution is 5.03. The van der Waals surface area contributed by atoms with Crippen molar-refractivity contribution in [1.29, 1.82) is 0 Å². The summed E-state index contributed by atoms with van der Waals surface area (Å²) >= 11 is 0. The lowest BCUT2D eigenvalue weighted by atomic mass is 10.1. The second-order valence-corrected chi connectivity index (χ2v) is 2.96. The van der Waals surface area contributed by atoms with Gasteiger partial charge in [0, 0.05) is 0 Å². The van der Waals surface area contributed by atoms with Crippen molar-refractivity contribution < 1.29 is 0 Å². The standard InChI is InChI=1S/C10H16/c1-2-3-4-7-10-8-5-6-9-10/h2-4,7,10H,5-6,8-9H2,1H3/b3-2+,7-4+. The third kappa shape index (κ3) is 2.38. The minimum absolute atomic E-state index is 0.885. The molecule has 0 heterocycles. The van der Waals surface area contributed by atoms with Crippen molar-refractivity contribution in [2.24, 2.45) is 5.92 Å². The monoisotopic (exact) mass is 136 g/mol. The van der Waals surface area contributed by atoms with Crippen LogP contribution in [0, 0.1) is 5.92 Å². The van der Waals surface area contributed by atoms with Crippen molar-refractivity contribution in [3.05, 3.63) is 24.3 Å². The van der Waals surface area contributed by atoms with Crippen molar-refractivity contribution in [2.75, 3.05) is 0 Å². The molecular weight excluding hydrogens is 120 g/mol. The van der Waals surface area contributed by atoms with Gasteiger partial charge in [-0.25, -0.2) is 0 Å². The molecule has 0 radical (unpaired) electrons. The smallest absolute Gasteiger partial charge is 0.0230 e. The van der Waals surface area contributed by atoms with E-state index in [1.807, 2.05) is 0 Å². The molecule has 0 aliphatic heterocycles. The molecule has 0 nitrogen and oxygen atoms in total. The number of hydrogen-bond donors (Lipinski definition) is 0. The zero-order valence-corrected chi connectivity index (χ0v) is 6.72. The van der Waals surface area contributed by atoms with Gasteiger partial charge in [0.05, 0.1) is 0 Å². The van der Waals surface area contributed by atoms with Crippen LogP contribution in [-0.2, 0) is 0 Å². The quantitative estimate of drug-likeness (QED) is 0.511. The molecule has 1 saturated carbocycles. The van der Waals surface area contributed by atoms with E-state index in [0.29, 0.717) is 0 Å². The van der Waals surface area contributed by atoms with Gasteiger partial charge in [-0.15, -0.1) is 0 Å². The fourth-order valence-electron chi connectivity index (χ4n) is 1.48. The molecule has 0 aromatic carbocycles. The van der Waals surface area contributed by atoms with E-state index in [9.17, 15) is 0 Å². The van der Waals surface area contributed by atoms with Gasteiger partial charge in [-0.1, -0.05) is 37.1 Å². The molecule has 0 N–H and O–H groups in total. The molecule has 1 aliphatic carbocycles. The van der Waals surface area contributed by atoms with E-state index in [4.69, 9.17) is 0 Å². The average molecular weight is 136 g/mol. The Balaban J connectivity index is 2.22. The summed E-state index contributed by atoms with van der Waals surface area (Å²) in [5.74, 6) is 0.885. The highest BCUT2D eigenvalue weighted by atomic mass is 14.2. The summed E-state index contributed by atoms with van der Waals surface area (Å²) in [5, 5.41) is 0. The number of rotatable bonds is 2. The van der Waals surface area contributed by atoms with Crippen LogP contribution in [0.4, 0.5) is 0 Å². The van der Waals surface area contributed by atoms with Gasteiger partial charge >= 0.3 is 0 Å². The lowest BCUT2D eigenvalue weighted by molar-refractivity contribution is 0.686. The van der Waals surface area contributed by atoms with Crippen LogP contribution in [0.15, 0.2) is 24.3 Å². The third-order valence-corrected chi connectivity index (χ3v) is 2.09. The first kappa shape index (κ1) is 7.59. The lowest BCUT2D eigenvalue weighted by Gasteiger charge is -1.97. The molecule has 0 atom stereocenters. The fraction of sp³-hybridized carbons (Fsp3) is 0.600. The molecule has 10 heavy (non-hydrogen) atoms. The van der Waals surface area contributed by atoms with E-state index in [1.165, 1.54) is 25.7 Å². The second-order valence-electron chi connectivity index (χ2n) is 2.96. The van der Waals surface area contributed by atoms with E-state index >= 15 is 0 Å². The van der Waals surface area contributed by atoms with Crippen LogP contribution in [0.1, 0.15) is 32.6 Å². The van der Waals surface area contributed by atoms with Crippen molar-refractivity contribution in [2.45, 2.75) is 32.6 Å². The molecule has 0 spiro atoms. The molecule has 0 heteroatoms. The van der Waals surface area contributed by atoms with Gasteiger partial charge in [0.25, 0.3) is 0 Å². The Kier molecular flexibility index (Phi) is 3.28. The molecule has 0 aromatic heterocycles. The summed E-state index contributed by atoms with van der Waals surface area (Å²) in [7, 11) is 0. The Labute approximate surface area is 63.6 Å². The molecule has 1 aliphatic rings. The molecule has 1 fully saturated rings. The minimum atomic E-state index is 0.885. The summed E-state index contributed by atoms with van der Waals surface area (Å²) in [6, 6.07) is 0. The minimum Gasteiger partial charge on any atom is -0.0877 e. The number of allylic oxidation sites excluding steroid dienone is 4. The molecule has 0 aromatic rings. The molecule has 0 amide bonds. The SMILES string of the molecule is C/C=C/C=C/C1CCCC1. The van der Waals surface area contributed by atoms with E-state index in [0.717, 1.165) is 5.92 Å². The maximum atomic E-state index is 2.34. The van der Waals surface area contributed by atoms with Gasteiger partial charge < -0.3 is 0 Å². The van der Waals surface area contributed by atoms with Gasteiger partial charge in [-0.2, -0.15) is 0 Å². The summed E-state index contributed by atoms with van der Waals surface area (Å²) in [4.78, 5) is 0. The largest absolute Gasteiger partial charge is 0.0877 e. The third-order valence-electron chi connectivity index (χ3n) is 2.09. The maximum Gasteiger partial charge on any atom is -0.0230 e. The van der Waals surface area contributed by atoms with Crippen LogP contribution in [0.5, 0.6) is 0 Å². The van der Waals surface area contributed by atoms with Crippen molar-refractivity contribution in [3.8, 4) is 0 Å². The lowest BCUT2D eigenvalue weighted by Crippen LogP contribution is -1.83. The molecule has 56 valence electrons. The van der Waals surface area contributed by atoms with Crippen molar-refractivity contribution >= 4 is 0 Å².